The number of carbonyl (C=O) groups excluding carboxylic acids is 5. The topological polar surface area (TPSA) is 172 Å². The van der Waals surface area contributed by atoms with Gasteiger partial charge in [0.15, 0.2) is 5.43 Å². The first kappa shape index (κ1) is 34.9. The van der Waals surface area contributed by atoms with Crippen molar-refractivity contribution in [2.45, 2.75) is 31.4 Å². The normalized spacial score (nSPS) is 13.4. The lowest BCUT2D eigenvalue weighted by atomic mass is 9.90. The van der Waals surface area contributed by atoms with Gasteiger partial charge in [-0.2, -0.15) is 0 Å². The minimum atomic E-state index is -0.747. The third kappa shape index (κ3) is 7.94. The van der Waals surface area contributed by atoms with E-state index in [0.29, 0.717) is 27.5 Å². The van der Waals surface area contributed by atoms with Gasteiger partial charge in [0.25, 0.3) is 17.7 Å². The molecule has 4 amide bonds. The number of thioether (sulfide) groups is 1. The van der Waals surface area contributed by atoms with Gasteiger partial charge in [-0.15, -0.1) is 16.8 Å². The fourth-order valence-electron chi connectivity index (χ4n) is 5.81. The zero-order valence-electron chi connectivity index (χ0n) is 27.5. The van der Waals surface area contributed by atoms with Gasteiger partial charge in [0, 0.05) is 65.9 Å². The number of phenolic OH excluding ortho intramolecular Hbond substituents is 1. The number of fused-ring (bicyclic) bond motifs is 2. The zero-order chi connectivity index (χ0) is 36.1. The smallest absolute Gasteiger partial charge is 0.334 e. The van der Waals surface area contributed by atoms with Gasteiger partial charge >= 0.3 is 5.97 Å². The Hall–Kier alpha value is -5.95. The first-order chi connectivity index (χ1) is 24.6. The first-order valence-electron chi connectivity index (χ1n) is 16.2. The molecule has 2 aliphatic heterocycles. The molecular weight excluding hydrogens is 674 g/mol. The van der Waals surface area contributed by atoms with Crippen molar-refractivity contribution < 1.29 is 38.3 Å². The molecule has 0 radical (unpaired) electrons. The van der Waals surface area contributed by atoms with E-state index in [2.05, 4.69) is 10.6 Å². The van der Waals surface area contributed by atoms with Gasteiger partial charge in [-0.3, -0.25) is 24.0 Å². The van der Waals surface area contributed by atoms with Crippen LogP contribution >= 0.6 is 11.8 Å². The van der Waals surface area contributed by atoms with E-state index in [1.807, 2.05) is 19.1 Å². The molecule has 0 aromatic heterocycles. The van der Waals surface area contributed by atoms with Crippen molar-refractivity contribution >= 4 is 52.3 Å². The number of hydrogen-bond donors (Lipinski definition) is 3. The molecule has 1 aliphatic carbocycles. The molecule has 1 atom stereocenters. The summed E-state index contributed by atoms with van der Waals surface area (Å²) in [5.74, 6) is -1.92. The highest BCUT2D eigenvalue weighted by Crippen LogP contribution is 2.42. The standard InChI is InChI=1S/C38H33N3O9S/c1-22-19-24(7-10-27(22)35-28-11-8-25(42)20-30(28)49-31-21-26(43)9-12-29(31)35)37(47)39-16-17-40-38(48)36(23-5-3-2-4-6-23)51-18-15-34(46)50-41-32(44)13-14-33(41)45/h2-12,19-21,36,42H,13-18H2,1H3,(H,39,47)(H,40,48). The number of amides is 4. The fraction of sp³-hybridized carbons (Fsp3) is 0.211. The average Bonchev–Trinajstić information content (AvgIpc) is 3.43. The Bertz CT molecular complexity index is 2170. The lowest BCUT2D eigenvalue weighted by Gasteiger charge is -2.18. The van der Waals surface area contributed by atoms with E-state index in [0.717, 1.165) is 27.6 Å². The first-order valence-corrected chi connectivity index (χ1v) is 17.2. The number of benzene rings is 4. The Morgan fingerprint density at radius 3 is 2.35 bits per heavy atom. The molecule has 0 saturated carbocycles. The number of aryl methyl sites for hydroxylation is 1. The van der Waals surface area contributed by atoms with Crippen LogP contribution in [0.15, 0.2) is 94.1 Å². The van der Waals surface area contributed by atoms with Crippen molar-refractivity contribution in [1.82, 2.24) is 15.7 Å². The predicted molar refractivity (Wildman–Crippen MR) is 190 cm³/mol. The summed E-state index contributed by atoms with van der Waals surface area (Å²) in [4.78, 5) is 79.1. The van der Waals surface area contributed by atoms with Crippen LogP contribution in [0.1, 0.15) is 46.0 Å². The number of aromatic hydroxyl groups is 1. The van der Waals surface area contributed by atoms with Gasteiger partial charge in [0.1, 0.15) is 22.3 Å². The largest absolute Gasteiger partial charge is 0.508 e. The zero-order valence-corrected chi connectivity index (χ0v) is 28.3. The van der Waals surface area contributed by atoms with Gasteiger partial charge in [-0.25, -0.2) is 4.79 Å². The third-order valence-corrected chi connectivity index (χ3v) is 9.53. The Morgan fingerprint density at radius 1 is 0.882 bits per heavy atom. The summed E-state index contributed by atoms with van der Waals surface area (Å²) >= 11 is 1.21. The second-order valence-corrected chi connectivity index (χ2v) is 13.1. The van der Waals surface area contributed by atoms with Crippen LogP contribution in [-0.4, -0.2) is 58.6 Å². The fourth-order valence-corrected chi connectivity index (χ4v) is 6.91. The van der Waals surface area contributed by atoms with E-state index >= 15 is 0 Å². The molecule has 3 aliphatic rings. The highest BCUT2D eigenvalue weighted by molar-refractivity contribution is 8.00. The van der Waals surface area contributed by atoms with E-state index in [-0.39, 0.29) is 61.1 Å². The molecule has 6 rings (SSSR count). The molecule has 1 unspecified atom stereocenters. The molecule has 0 spiro atoms. The lowest BCUT2D eigenvalue weighted by molar-refractivity contribution is -0.197. The minimum absolute atomic E-state index is 0.00317. The van der Waals surface area contributed by atoms with E-state index in [1.165, 1.54) is 30.0 Å². The summed E-state index contributed by atoms with van der Waals surface area (Å²) in [5.41, 5.74) is 4.48. The van der Waals surface area contributed by atoms with Crippen molar-refractivity contribution in [1.29, 1.82) is 0 Å². The van der Waals surface area contributed by atoms with Gasteiger partial charge in [-0.1, -0.05) is 36.4 Å². The Labute approximate surface area is 296 Å². The summed E-state index contributed by atoms with van der Waals surface area (Å²) in [6, 6.07) is 23.7. The highest BCUT2D eigenvalue weighted by Gasteiger charge is 2.33. The van der Waals surface area contributed by atoms with Gasteiger partial charge in [0.05, 0.1) is 6.42 Å². The summed E-state index contributed by atoms with van der Waals surface area (Å²) in [7, 11) is 0. The van der Waals surface area contributed by atoms with Gasteiger partial charge in [-0.05, 0) is 60.0 Å². The number of nitrogens with one attached hydrogen (secondary N) is 2. The minimum Gasteiger partial charge on any atom is -0.508 e. The second-order valence-electron chi connectivity index (χ2n) is 11.8. The molecule has 260 valence electrons. The van der Waals surface area contributed by atoms with E-state index in [1.54, 1.807) is 54.6 Å². The number of hydrogen-bond acceptors (Lipinski definition) is 10. The molecule has 2 heterocycles. The molecule has 51 heavy (non-hydrogen) atoms. The van der Waals surface area contributed by atoms with Crippen molar-refractivity contribution in [2.24, 2.45) is 0 Å². The number of rotatable bonds is 12. The SMILES string of the molecule is Cc1cc(C(=O)NCCNC(=O)C(SCCC(=O)ON2C(=O)CCC2=O)c2ccccc2)ccc1-c1c2ccc(=O)cc-2oc2cc(O)ccc12. The van der Waals surface area contributed by atoms with Gasteiger partial charge < -0.3 is 25.0 Å². The predicted octanol–water partition coefficient (Wildman–Crippen LogP) is 4.90. The summed E-state index contributed by atoms with van der Waals surface area (Å²) in [6.45, 7) is 2.17. The number of carbonyl (C=O) groups is 5. The number of phenols is 1. The van der Waals surface area contributed by atoms with Crippen LogP contribution < -0.4 is 16.1 Å². The maximum atomic E-state index is 13.2. The van der Waals surface area contributed by atoms with E-state index in [9.17, 15) is 33.9 Å². The Morgan fingerprint density at radius 2 is 1.61 bits per heavy atom. The van der Waals surface area contributed by atoms with E-state index in [4.69, 9.17) is 9.25 Å². The van der Waals surface area contributed by atoms with Crippen LogP contribution in [0.3, 0.4) is 0 Å². The third-order valence-electron chi connectivity index (χ3n) is 8.27. The van der Waals surface area contributed by atoms with Crippen LogP contribution in [-0.2, 0) is 24.0 Å². The van der Waals surface area contributed by atoms with Gasteiger partial charge in [0.2, 0.25) is 5.91 Å². The Kier molecular flexibility index (Phi) is 10.5. The molecule has 1 fully saturated rings. The van der Waals surface area contributed by atoms with E-state index < -0.39 is 23.0 Å². The van der Waals surface area contributed by atoms with Crippen LogP contribution in [0.4, 0.5) is 0 Å². The molecular formula is C38H33N3O9S. The molecule has 3 aromatic rings. The van der Waals surface area contributed by atoms with Crippen molar-refractivity contribution in [2.75, 3.05) is 18.8 Å². The maximum absolute atomic E-state index is 13.2. The summed E-state index contributed by atoms with van der Waals surface area (Å²) in [6.07, 6.45) is -0.115. The molecule has 3 aromatic carbocycles. The number of nitrogens with zero attached hydrogens (tertiary/aromatic N) is 1. The molecule has 3 N–H and O–H groups in total. The van der Waals surface area contributed by atoms with Crippen LogP contribution in [0, 0.1) is 6.92 Å². The van der Waals surface area contributed by atoms with Crippen molar-refractivity contribution in [3.63, 3.8) is 0 Å². The lowest BCUT2D eigenvalue weighted by Crippen LogP contribution is -2.36. The quantitative estimate of drug-likeness (QED) is 0.0921. The monoisotopic (exact) mass is 707 g/mol. The Balaban J connectivity index is 1.07. The van der Waals surface area contributed by atoms with Crippen molar-refractivity contribution in [3.8, 4) is 28.2 Å². The average molecular weight is 708 g/mol. The van der Waals surface area contributed by atoms with Crippen molar-refractivity contribution in [3.05, 3.63) is 112 Å². The highest BCUT2D eigenvalue weighted by atomic mass is 32.2. The molecule has 1 saturated heterocycles. The van der Waals surface area contributed by atoms with Crippen LogP contribution in [0.2, 0.25) is 0 Å². The summed E-state index contributed by atoms with van der Waals surface area (Å²) in [5, 5.41) is 16.3. The van der Waals surface area contributed by atoms with Crippen LogP contribution in [0.25, 0.3) is 33.4 Å². The summed E-state index contributed by atoms with van der Waals surface area (Å²) < 4.78 is 5.94. The maximum Gasteiger partial charge on any atom is 0.334 e. The number of hydroxylamine groups is 2. The van der Waals surface area contributed by atoms with Crippen LogP contribution in [0.5, 0.6) is 5.75 Å². The molecule has 12 nitrogen and oxygen atoms in total. The second kappa shape index (κ2) is 15.3. The molecule has 13 heteroatoms. The molecule has 0 bridgehead atoms. The number of imide groups is 1.